The lowest BCUT2D eigenvalue weighted by Crippen LogP contribution is -2.25. The number of aryl methyl sites for hydroxylation is 1. The van der Waals surface area contributed by atoms with Crippen LogP contribution >= 0.6 is 0 Å². The van der Waals surface area contributed by atoms with Gasteiger partial charge in [-0.1, -0.05) is 13.8 Å². The molecule has 2 atom stereocenters. The number of benzene rings is 1. The van der Waals surface area contributed by atoms with Crippen LogP contribution in [0.3, 0.4) is 0 Å². The number of carbonyl (C=O) groups is 2. The highest BCUT2D eigenvalue weighted by atomic mass is 19.1. The highest BCUT2D eigenvalue weighted by Crippen LogP contribution is 2.19. The largest absolute Gasteiger partial charge is 0.481 e. The van der Waals surface area contributed by atoms with Gasteiger partial charge in [-0.3, -0.25) is 9.59 Å². The van der Waals surface area contributed by atoms with E-state index in [0.717, 1.165) is 0 Å². The predicted molar refractivity (Wildman–Crippen MR) is 61.4 cm³/mol. The highest BCUT2D eigenvalue weighted by Gasteiger charge is 2.26. The molecule has 0 saturated heterocycles. The summed E-state index contributed by atoms with van der Waals surface area (Å²) < 4.78 is 13.0. The van der Waals surface area contributed by atoms with Crippen LogP contribution in [0.1, 0.15) is 29.8 Å². The molecular weight excluding hydrogens is 223 g/mol. The van der Waals surface area contributed by atoms with Gasteiger partial charge >= 0.3 is 5.97 Å². The molecule has 1 aromatic carbocycles. The normalized spacial score (nSPS) is 14.1. The minimum Gasteiger partial charge on any atom is -0.481 e. The molecule has 0 aliphatic heterocycles. The Morgan fingerprint density at radius 3 is 2.29 bits per heavy atom. The number of ketones is 1. The molecule has 0 radical (unpaired) electrons. The molecule has 0 aromatic heterocycles. The van der Waals surface area contributed by atoms with Crippen molar-refractivity contribution in [1.82, 2.24) is 0 Å². The molecule has 0 fully saturated rings. The van der Waals surface area contributed by atoms with Gasteiger partial charge in [-0.05, 0) is 30.7 Å². The Morgan fingerprint density at radius 2 is 1.82 bits per heavy atom. The number of hydrogen-bond donors (Lipinski definition) is 1. The molecule has 0 bridgehead atoms. The van der Waals surface area contributed by atoms with E-state index in [1.807, 2.05) is 0 Å². The lowest BCUT2D eigenvalue weighted by Gasteiger charge is -2.15. The van der Waals surface area contributed by atoms with Gasteiger partial charge in [-0.25, -0.2) is 4.39 Å². The Balaban J connectivity index is 2.96. The molecule has 3 nitrogen and oxygen atoms in total. The second-order valence-electron chi connectivity index (χ2n) is 4.24. The van der Waals surface area contributed by atoms with E-state index in [-0.39, 0.29) is 11.6 Å². The first-order chi connectivity index (χ1) is 7.84. The smallest absolute Gasteiger partial charge is 0.306 e. The molecule has 1 aromatic rings. The highest BCUT2D eigenvalue weighted by molar-refractivity contribution is 5.99. The summed E-state index contributed by atoms with van der Waals surface area (Å²) in [6.07, 6.45) is 0. The van der Waals surface area contributed by atoms with Crippen molar-refractivity contribution in [2.45, 2.75) is 20.8 Å². The molecule has 0 heterocycles. The molecule has 1 N–H and O–H groups in total. The lowest BCUT2D eigenvalue weighted by atomic mass is 9.88. The summed E-state index contributed by atoms with van der Waals surface area (Å²) in [5.41, 5.74) is 0.732. The molecule has 0 saturated carbocycles. The first-order valence-electron chi connectivity index (χ1n) is 5.37. The number of Topliss-reactive ketones (excluding diaryl/α,β-unsaturated/α-hetero) is 1. The number of halogens is 1. The fraction of sp³-hybridized carbons (Fsp3) is 0.385. The van der Waals surface area contributed by atoms with Crippen LogP contribution in [0.4, 0.5) is 4.39 Å². The first-order valence-corrected chi connectivity index (χ1v) is 5.37. The lowest BCUT2D eigenvalue weighted by molar-refractivity contribution is -0.142. The number of carboxylic acids is 1. The Hall–Kier alpha value is -1.71. The number of carbonyl (C=O) groups excluding carboxylic acids is 1. The average molecular weight is 238 g/mol. The van der Waals surface area contributed by atoms with Crippen molar-refractivity contribution in [2.24, 2.45) is 11.8 Å². The molecular formula is C13H15FO3. The Kier molecular flexibility index (Phi) is 3.99. The molecule has 0 aliphatic carbocycles. The zero-order valence-corrected chi connectivity index (χ0v) is 10.0. The quantitative estimate of drug-likeness (QED) is 0.820. The van der Waals surface area contributed by atoms with Gasteiger partial charge in [0, 0.05) is 11.5 Å². The van der Waals surface area contributed by atoms with E-state index in [1.54, 1.807) is 13.8 Å². The van der Waals surface area contributed by atoms with E-state index in [4.69, 9.17) is 5.11 Å². The van der Waals surface area contributed by atoms with Crippen molar-refractivity contribution in [3.63, 3.8) is 0 Å². The zero-order chi connectivity index (χ0) is 13.2. The standard InChI is InChI=1S/C13H15FO3/c1-7-6-10(4-5-11(7)14)12(15)8(2)9(3)13(16)17/h4-6,8-9H,1-3H3,(H,16,17). The number of hydrogen-bond acceptors (Lipinski definition) is 2. The van der Waals surface area contributed by atoms with Crippen LogP contribution in [0, 0.1) is 24.6 Å². The van der Waals surface area contributed by atoms with Gasteiger partial charge in [0.25, 0.3) is 0 Å². The minimum atomic E-state index is -1.01. The van der Waals surface area contributed by atoms with Crippen molar-refractivity contribution < 1.29 is 19.1 Å². The molecule has 0 aliphatic rings. The molecule has 2 unspecified atom stereocenters. The van der Waals surface area contributed by atoms with Crippen molar-refractivity contribution in [3.8, 4) is 0 Å². The van der Waals surface area contributed by atoms with E-state index in [1.165, 1.54) is 25.1 Å². The third-order valence-corrected chi connectivity index (χ3v) is 3.00. The third-order valence-electron chi connectivity index (χ3n) is 3.00. The Morgan fingerprint density at radius 1 is 1.24 bits per heavy atom. The van der Waals surface area contributed by atoms with Crippen LogP contribution in [-0.2, 0) is 4.79 Å². The maximum atomic E-state index is 13.0. The van der Waals surface area contributed by atoms with E-state index < -0.39 is 17.8 Å². The van der Waals surface area contributed by atoms with Gasteiger partial charge in [0.2, 0.25) is 0 Å². The second kappa shape index (κ2) is 5.08. The molecule has 0 spiro atoms. The average Bonchev–Trinajstić information content (AvgIpc) is 2.29. The van der Waals surface area contributed by atoms with Crippen molar-refractivity contribution in [2.75, 3.05) is 0 Å². The summed E-state index contributed by atoms with van der Waals surface area (Å²) in [6, 6.07) is 4.05. The van der Waals surface area contributed by atoms with Crippen molar-refractivity contribution in [3.05, 3.63) is 35.1 Å². The van der Waals surface area contributed by atoms with Crippen LogP contribution < -0.4 is 0 Å². The van der Waals surface area contributed by atoms with E-state index in [0.29, 0.717) is 11.1 Å². The Labute approximate surface area is 99.3 Å². The maximum absolute atomic E-state index is 13.0. The monoisotopic (exact) mass is 238 g/mol. The van der Waals surface area contributed by atoms with Gasteiger partial charge in [-0.15, -0.1) is 0 Å². The fourth-order valence-electron chi connectivity index (χ4n) is 1.50. The summed E-state index contributed by atoms with van der Waals surface area (Å²) in [4.78, 5) is 22.8. The summed E-state index contributed by atoms with van der Waals surface area (Å²) in [5, 5.41) is 8.83. The SMILES string of the molecule is Cc1cc(C(=O)C(C)C(C)C(=O)O)ccc1F. The summed E-state index contributed by atoms with van der Waals surface area (Å²) in [5.74, 6) is -3.04. The topological polar surface area (TPSA) is 54.4 Å². The molecule has 0 amide bonds. The van der Waals surface area contributed by atoms with E-state index in [2.05, 4.69) is 0 Å². The third kappa shape index (κ3) is 2.90. The number of aliphatic carboxylic acids is 1. The van der Waals surface area contributed by atoms with Crippen LogP contribution in [0.5, 0.6) is 0 Å². The minimum absolute atomic E-state index is 0.275. The Bertz CT molecular complexity index is 454. The van der Waals surface area contributed by atoms with Crippen LogP contribution in [0.15, 0.2) is 18.2 Å². The van der Waals surface area contributed by atoms with Crippen molar-refractivity contribution in [1.29, 1.82) is 0 Å². The van der Waals surface area contributed by atoms with Crippen molar-refractivity contribution >= 4 is 11.8 Å². The molecule has 4 heteroatoms. The summed E-state index contributed by atoms with van der Waals surface area (Å²) in [7, 11) is 0. The summed E-state index contributed by atoms with van der Waals surface area (Å²) in [6.45, 7) is 4.62. The first kappa shape index (κ1) is 13.4. The fourth-order valence-corrected chi connectivity index (χ4v) is 1.50. The van der Waals surface area contributed by atoms with Crippen LogP contribution in [0.2, 0.25) is 0 Å². The summed E-state index contributed by atoms with van der Waals surface area (Å²) >= 11 is 0. The van der Waals surface area contributed by atoms with Crippen LogP contribution in [-0.4, -0.2) is 16.9 Å². The number of rotatable bonds is 4. The molecule has 1 rings (SSSR count). The van der Waals surface area contributed by atoms with Gasteiger partial charge in [-0.2, -0.15) is 0 Å². The zero-order valence-electron chi connectivity index (χ0n) is 10.0. The molecule has 92 valence electrons. The van der Waals surface area contributed by atoms with Gasteiger partial charge in [0.05, 0.1) is 5.92 Å². The van der Waals surface area contributed by atoms with E-state index >= 15 is 0 Å². The van der Waals surface area contributed by atoms with Crippen LogP contribution in [0.25, 0.3) is 0 Å². The maximum Gasteiger partial charge on any atom is 0.306 e. The second-order valence-corrected chi connectivity index (χ2v) is 4.24. The van der Waals surface area contributed by atoms with Gasteiger partial charge in [0.15, 0.2) is 5.78 Å². The predicted octanol–water partition coefficient (Wildman–Crippen LogP) is 2.67. The van der Waals surface area contributed by atoms with Gasteiger partial charge < -0.3 is 5.11 Å². The van der Waals surface area contributed by atoms with Gasteiger partial charge in [0.1, 0.15) is 5.82 Å². The number of carboxylic acid groups (broad SMARTS) is 1. The molecule has 17 heavy (non-hydrogen) atoms. The van der Waals surface area contributed by atoms with E-state index in [9.17, 15) is 14.0 Å².